The van der Waals surface area contributed by atoms with E-state index in [-0.39, 0.29) is 6.10 Å². The summed E-state index contributed by atoms with van der Waals surface area (Å²) < 4.78 is 2.27. The van der Waals surface area contributed by atoms with E-state index in [0.717, 1.165) is 44.7 Å². The number of hydrogen-bond acceptors (Lipinski definition) is 3. The topological polar surface area (TPSA) is 41.3 Å². The maximum Gasteiger partial charge on any atom is 0.137 e. The molecule has 0 amide bonds. The van der Waals surface area contributed by atoms with Gasteiger partial charge in [0.25, 0.3) is 0 Å². The first-order chi connectivity index (χ1) is 12.2. The predicted octanol–water partition coefficient (Wildman–Crippen LogP) is 3.33. The molecule has 0 aliphatic carbocycles. The molecule has 1 aromatic carbocycles. The number of para-hydroxylation sites is 1. The van der Waals surface area contributed by atoms with Gasteiger partial charge in [-0.05, 0) is 49.9 Å². The number of pyridine rings is 1. The van der Waals surface area contributed by atoms with Gasteiger partial charge in [-0.15, -0.1) is 0 Å². The molecule has 0 atom stereocenters. The van der Waals surface area contributed by atoms with E-state index >= 15 is 0 Å². The van der Waals surface area contributed by atoms with Gasteiger partial charge in [-0.2, -0.15) is 0 Å². The molecule has 0 saturated carbocycles. The largest absolute Gasteiger partial charge is 0.393 e. The van der Waals surface area contributed by atoms with Gasteiger partial charge in [0.15, 0.2) is 0 Å². The number of aliphatic hydroxyl groups is 1. The van der Waals surface area contributed by atoms with Gasteiger partial charge in [-0.1, -0.05) is 24.3 Å². The fourth-order valence-electron chi connectivity index (χ4n) is 3.94. The highest BCUT2D eigenvalue weighted by Crippen LogP contribution is 2.29. The number of likely N-dealkylation sites (tertiary alicyclic amines) is 1. The standard InChI is InChI=1S/C21H25N3O/c1-16-18(11-15-23-13-9-17(25)10-14-23)19-6-2-3-7-20(19)24(16)21-8-4-5-12-22-21/h2-8,12,17,25H,9-11,13-15H2,1H3. The Hall–Kier alpha value is -2.17. The summed E-state index contributed by atoms with van der Waals surface area (Å²) in [7, 11) is 0. The van der Waals surface area contributed by atoms with Crippen LogP contribution in [0.3, 0.4) is 0 Å². The van der Waals surface area contributed by atoms with Crippen LogP contribution in [0.2, 0.25) is 0 Å². The number of aliphatic hydroxyl groups excluding tert-OH is 1. The predicted molar refractivity (Wildman–Crippen MR) is 101 cm³/mol. The number of rotatable bonds is 4. The molecule has 0 radical (unpaired) electrons. The lowest BCUT2D eigenvalue weighted by Crippen LogP contribution is -2.37. The van der Waals surface area contributed by atoms with Crippen LogP contribution in [-0.4, -0.2) is 45.3 Å². The van der Waals surface area contributed by atoms with Gasteiger partial charge < -0.3 is 10.0 Å². The van der Waals surface area contributed by atoms with E-state index in [1.807, 2.05) is 18.3 Å². The van der Waals surface area contributed by atoms with Gasteiger partial charge >= 0.3 is 0 Å². The van der Waals surface area contributed by atoms with Crippen LogP contribution in [-0.2, 0) is 6.42 Å². The van der Waals surface area contributed by atoms with E-state index in [4.69, 9.17) is 0 Å². The van der Waals surface area contributed by atoms with Crippen molar-refractivity contribution in [1.29, 1.82) is 0 Å². The third-order valence-corrected chi connectivity index (χ3v) is 5.36. The van der Waals surface area contributed by atoms with Crippen molar-refractivity contribution < 1.29 is 5.11 Å². The Labute approximate surface area is 148 Å². The highest BCUT2D eigenvalue weighted by Gasteiger charge is 2.19. The maximum absolute atomic E-state index is 9.69. The summed E-state index contributed by atoms with van der Waals surface area (Å²) in [6, 6.07) is 14.7. The summed E-state index contributed by atoms with van der Waals surface area (Å²) in [5.74, 6) is 0.976. The van der Waals surface area contributed by atoms with Gasteiger partial charge in [-0.25, -0.2) is 4.98 Å². The molecule has 25 heavy (non-hydrogen) atoms. The van der Waals surface area contributed by atoms with Crippen molar-refractivity contribution in [3.8, 4) is 5.82 Å². The third-order valence-electron chi connectivity index (χ3n) is 5.36. The Kier molecular flexibility index (Phi) is 4.55. The van der Waals surface area contributed by atoms with E-state index < -0.39 is 0 Å². The van der Waals surface area contributed by atoms with Crippen molar-refractivity contribution >= 4 is 10.9 Å². The summed E-state index contributed by atoms with van der Waals surface area (Å²) in [5.41, 5.74) is 3.91. The average molecular weight is 335 g/mol. The fourth-order valence-corrected chi connectivity index (χ4v) is 3.94. The zero-order chi connectivity index (χ0) is 17.2. The van der Waals surface area contributed by atoms with Gasteiger partial charge in [-0.3, -0.25) is 4.57 Å². The first-order valence-electron chi connectivity index (χ1n) is 9.15. The SMILES string of the molecule is Cc1c(CCN2CCC(O)CC2)c2ccccc2n1-c1ccccn1. The summed E-state index contributed by atoms with van der Waals surface area (Å²) >= 11 is 0. The van der Waals surface area contributed by atoms with Gasteiger partial charge in [0.2, 0.25) is 0 Å². The lowest BCUT2D eigenvalue weighted by Gasteiger charge is -2.29. The normalized spacial score (nSPS) is 16.6. The van der Waals surface area contributed by atoms with Gasteiger partial charge in [0.1, 0.15) is 5.82 Å². The number of benzene rings is 1. The third kappa shape index (κ3) is 3.20. The first kappa shape index (κ1) is 16.3. The molecule has 0 bridgehead atoms. The van der Waals surface area contributed by atoms with Gasteiger partial charge in [0.05, 0.1) is 11.6 Å². The molecular weight excluding hydrogens is 310 g/mol. The summed E-state index contributed by atoms with van der Waals surface area (Å²) in [6.45, 7) is 5.24. The van der Waals surface area contributed by atoms with Crippen molar-refractivity contribution in [2.45, 2.75) is 32.3 Å². The average Bonchev–Trinajstić information content (AvgIpc) is 2.93. The van der Waals surface area contributed by atoms with Gasteiger partial charge in [0, 0.05) is 36.9 Å². The van der Waals surface area contributed by atoms with Crippen LogP contribution in [0.4, 0.5) is 0 Å². The molecule has 0 unspecified atom stereocenters. The van der Waals surface area contributed by atoms with E-state index in [1.54, 1.807) is 0 Å². The molecule has 4 heteroatoms. The Bertz CT molecular complexity index is 848. The summed E-state index contributed by atoms with van der Waals surface area (Å²) in [4.78, 5) is 7.03. The highest BCUT2D eigenvalue weighted by molar-refractivity contribution is 5.87. The number of nitrogens with zero attached hydrogens (tertiary/aromatic N) is 3. The molecule has 1 aliphatic rings. The molecule has 130 valence electrons. The molecule has 3 aromatic rings. The van der Waals surface area contributed by atoms with E-state index in [1.165, 1.54) is 22.2 Å². The second kappa shape index (κ2) is 6.98. The molecule has 4 rings (SSSR count). The molecule has 4 nitrogen and oxygen atoms in total. The Morgan fingerprint density at radius 3 is 2.60 bits per heavy atom. The first-order valence-corrected chi connectivity index (χ1v) is 9.15. The number of hydrogen-bond donors (Lipinski definition) is 1. The molecule has 1 N–H and O–H groups in total. The van der Waals surface area contributed by atoms with Crippen molar-refractivity contribution in [1.82, 2.24) is 14.5 Å². The minimum absolute atomic E-state index is 0.107. The zero-order valence-electron chi connectivity index (χ0n) is 14.7. The number of piperidine rings is 1. The lowest BCUT2D eigenvalue weighted by molar-refractivity contribution is 0.0832. The molecule has 1 aliphatic heterocycles. The van der Waals surface area contributed by atoms with Crippen molar-refractivity contribution in [2.75, 3.05) is 19.6 Å². The number of fused-ring (bicyclic) bond motifs is 1. The monoisotopic (exact) mass is 335 g/mol. The molecule has 1 fully saturated rings. The van der Waals surface area contributed by atoms with Crippen molar-refractivity contribution in [3.05, 3.63) is 59.9 Å². The smallest absolute Gasteiger partial charge is 0.137 e. The zero-order valence-corrected chi connectivity index (χ0v) is 14.7. The van der Waals surface area contributed by atoms with Crippen LogP contribution in [0.25, 0.3) is 16.7 Å². The van der Waals surface area contributed by atoms with Crippen LogP contribution >= 0.6 is 0 Å². The summed E-state index contributed by atoms with van der Waals surface area (Å²) in [6.07, 6.45) is 4.57. The van der Waals surface area contributed by atoms with Crippen LogP contribution in [0.15, 0.2) is 48.7 Å². The quantitative estimate of drug-likeness (QED) is 0.795. The van der Waals surface area contributed by atoms with Crippen LogP contribution in [0.5, 0.6) is 0 Å². The Morgan fingerprint density at radius 2 is 1.84 bits per heavy atom. The van der Waals surface area contributed by atoms with Crippen molar-refractivity contribution in [2.24, 2.45) is 0 Å². The highest BCUT2D eigenvalue weighted by atomic mass is 16.3. The van der Waals surface area contributed by atoms with Crippen LogP contribution < -0.4 is 0 Å². The lowest BCUT2D eigenvalue weighted by atomic mass is 10.0. The minimum atomic E-state index is -0.107. The van der Waals surface area contributed by atoms with E-state index in [9.17, 15) is 5.11 Å². The van der Waals surface area contributed by atoms with Crippen LogP contribution in [0, 0.1) is 6.92 Å². The number of aromatic nitrogens is 2. The second-order valence-electron chi connectivity index (χ2n) is 6.93. The molecule has 3 heterocycles. The molecule has 1 saturated heterocycles. The molecule has 0 spiro atoms. The second-order valence-corrected chi connectivity index (χ2v) is 6.93. The van der Waals surface area contributed by atoms with E-state index in [2.05, 4.69) is 51.7 Å². The molecule has 2 aromatic heterocycles. The minimum Gasteiger partial charge on any atom is -0.393 e. The Balaban J connectivity index is 1.66. The summed E-state index contributed by atoms with van der Waals surface area (Å²) in [5, 5.41) is 11.0. The van der Waals surface area contributed by atoms with Crippen LogP contribution in [0.1, 0.15) is 24.1 Å². The molecular formula is C21H25N3O. The Morgan fingerprint density at radius 1 is 1.08 bits per heavy atom. The van der Waals surface area contributed by atoms with Crippen molar-refractivity contribution in [3.63, 3.8) is 0 Å². The van der Waals surface area contributed by atoms with E-state index in [0.29, 0.717) is 0 Å². The fraction of sp³-hybridized carbons (Fsp3) is 0.381. The maximum atomic E-state index is 9.69.